The first-order valence-electron chi connectivity index (χ1n) is 12.0. The molecule has 0 aliphatic carbocycles. The van der Waals surface area contributed by atoms with Crippen molar-refractivity contribution in [1.29, 1.82) is 0 Å². The normalized spacial score (nSPS) is 12.5. The lowest BCUT2D eigenvalue weighted by atomic mass is 10.1. The molecule has 170 valence electrons. The molecule has 0 N–H and O–H groups in total. The first-order chi connectivity index (χ1) is 13.0. The van der Waals surface area contributed by atoms with Crippen molar-refractivity contribution in [3.63, 3.8) is 0 Å². The molecule has 0 aromatic rings. The number of ether oxygens (including phenoxy) is 1. The summed E-state index contributed by atoms with van der Waals surface area (Å²) in [5.41, 5.74) is 0. The lowest BCUT2D eigenvalue weighted by molar-refractivity contribution is -0.935. The minimum Gasteiger partial charge on any atom is -1.00 e. The van der Waals surface area contributed by atoms with Crippen LogP contribution in [0.3, 0.4) is 0 Å². The van der Waals surface area contributed by atoms with Gasteiger partial charge in [0.1, 0.15) is 0 Å². The van der Waals surface area contributed by atoms with Crippen molar-refractivity contribution in [2.24, 2.45) is 0 Å². The van der Waals surface area contributed by atoms with Crippen LogP contribution in [0.15, 0.2) is 0 Å². The number of hydrogen-bond acceptors (Lipinski definition) is 2. The van der Waals surface area contributed by atoms with Gasteiger partial charge in [0.25, 0.3) is 0 Å². The molecule has 0 fully saturated rings. The Morgan fingerprint density at radius 2 is 1.14 bits per heavy atom. The van der Waals surface area contributed by atoms with Crippen molar-refractivity contribution in [3.05, 3.63) is 0 Å². The standard InChI is InChI=1S/C24H50NO2.HI/c1-6-9-11-12-13-14-15-16-17-18-19-21-24(26)27-23(8-3)25(4,5)22-20-10-7-2;/h23H,6-22H2,1-5H3;1H/q+1;/p-1. The fourth-order valence-electron chi connectivity index (χ4n) is 3.78. The highest BCUT2D eigenvalue weighted by atomic mass is 127. The van der Waals surface area contributed by atoms with Crippen LogP contribution in [0.2, 0.25) is 0 Å². The molecular formula is C24H50INO2. The number of rotatable bonds is 19. The molecule has 0 aliphatic heterocycles. The maximum absolute atomic E-state index is 12.2. The van der Waals surface area contributed by atoms with E-state index in [1.54, 1.807) is 0 Å². The van der Waals surface area contributed by atoms with E-state index in [0.29, 0.717) is 6.42 Å². The minimum absolute atomic E-state index is 0. The van der Waals surface area contributed by atoms with Crippen LogP contribution in [-0.4, -0.2) is 37.3 Å². The molecule has 0 aliphatic rings. The maximum atomic E-state index is 12.2. The summed E-state index contributed by atoms with van der Waals surface area (Å²) >= 11 is 0. The molecular weight excluding hydrogens is 461 g/mol. The van der Waals surface area contributed by atoms with E-state index in [1.807, 2.05) is 0 Å². The van der Waals surface area contributed by atoms with Crippen LogP contribution in [0.5, 0.6) is 0 Å². The van der Waals surface area contributed by atoms with Gasteiger partial charge >= 0.3 is 5.97 Å². The van der Waals surface area contributed by atoms with E-state index in [0.717, 1.165) is 30.3 Å². The quantitative estimate of drug-likeness (QED) is 0.0853. The zero-order chi connectivity index (χ0) is 20.4. The van der Waals surface area contributed by atoms with Crippen LogP contribution in [-0.2, 0) is 9.53 Å². The van der Waals surface area contributed by atoms with E-state index in [-0.39, 0.29) is 36.2 Å². The third-order valence-corrected chi connectivity index (χ3v) is 5.72. The van der Waals surface area contributed by atoms with Gasteiger partial charge in [0.2, 0.25) is 6.23 Å². The lowest BCUT2D eigenvalue weighted by Crippen LogP contribution is -3.00. The van der Waals surface area contributed by atoms with Crippen molar-refractivity contribution in [2.45, 2.75) is 130 Å². The number of carbonyl (C=O) groups excluding carboxylic acids is 1. The largest absolute Gasteiger partial charge is 1.00 e. The molecule has 28 heavy (non-hydrogen) atoms. The van der Waals surface area contributed by atoms with Crippen molar-refractivity contribution in [3.8, 4) is 0 Å². The molecule has 0 spiro atoms. The van der Waals surface area contributed by atoms with Gasteiger partial charge in [-0.05, 0) is 19.3 Å². The highest BCUT2D eigenvalue weighted by Gasteiger charge is 2.29. The second-order valence-electron chi connectivity index (χ2n) is 8.85. The van der Waals surface area contributed by atoms with Gasteiger partial charge < -0.3 is 28.7 Å². The summed E-state index contributed by atoms with van der Waals surface area (Å²) in [6, 6.07) is 0. The van der Waals surface area contributed by atoms with Crippen molar-refractivity contribution < 1.29 is 38.0 Å². The molecule has 0 aromatic carbocycles. The monoisotopic (exact) mass is 511 g/mol. The molecule has 3 nitrogen and oxygen atoms in total. The predicted molar refractivity (Wildman–Crippen MR) is 118 cm³/mol. The van der Waals surface area contributed by atoms with Gasteiger partial charge in [-0.15, -0.1) is 0 Å². The Bertz CT molecular complexity index is 347. The summed E-state index contributed by atoms with van der Waals surface area (Å²) < 4.78 is 6.61. The third-order valence-electron chi connectivity index (χ3n) is 5.72. The SMILES string of the molecule is CCCCCCCCCCCCCC(=O)OC(CC)[N+](C)(C)CCCCC.[I-]. The van der Waals surface area contributed by atoms with E-state index >= 15 is 0 Å². The van der Waals surface area contributed by atoms with Crippen LogP contribution in [0.4, 0.5) is 0 Å². The van der Waals surface area contributed by atoms with Gasteiger partial charge in [-0.2, -0.15) is 0 Å². The number of hydrogen-bond donors (Lipinski definition) is 0. The Labute approximate surface area is 194 Å². The molecule has 1 atom stereocenters. The number of carbonyl (C=O) groups is 1. The summed E-state index contributed by atoms with van der Waals surface area (Å²) in [6.07, 6.45) is 19.6. The molecule has 1 unspecified atom stereocenters. The Balaban J connectivity index is 0. The number of nitrogens with zero attached hydrogens (tertiary/aromatic N) is 1. The van der Waals surface area contributed by atoms with E-state index < -0.39 is 0 Å². The number of esters is 1. The zero-order valence-electron chi connectivity index (χ0n) is 19.7. The highest BCUT2D eigenvalue weighted by molar-refractivity contribution is 5.69. The summed E-state index contributed by atoms with van der Waals surface area (Å²) in [5.74, 6) is -0.000495. The maximum Gasteiger partial charge on any atom is 0.310 e. The van der Waals surface area contributed by atoms with Crippen LogP contribution in [0.1, 0.15) is 124 Å². The van der Waals surface area contributed by atoms with Crippen LogP contribution in [0, 0.1) is 0 Å². The summed E-state index contributed by atoms with van der Waals surface area (Å²) in [6.45, 7) is 7.70. The summed E-state index contributed by atoms with van der Waals surface area (Å²) in [5, 5.41) is 0. The Kier molecular flexibility index (Phi) is 22.2. The van der Waals surface area contributed by atoms with Gasteiger partial charge in [0.15, 0.2) is 0 Å². The van der Waals surface area contributed by atoms with E-state index in [2.05, 4.69) is 34.9 Å². The van der Waals surface area contributed by atoms with Crippen molar-refractivity contribution >= 4 is 5.97 Å². The predicted octanol–water partition coefficient (Wildman–Crippen LogP) is 4.24. The fraction of sp³-hybridized carbons (Fsp3) is 0.958. The average molecular weight is 512 g/mol. The van der Waals surface area contributed by atoms with E-state index in [1.165, 1.54) is 77.0 Å². The van der Waals surface area contributed by atoms with E-state index in [9.17, 15) is 4.79 Å². The molecule has 0 saturated carbocycles. The third kappa shape index (κ3) is 17.1. The fourth-order valence-corrected chi connectivity index (χ4v) is 3.78. The molecule has 0 saturated heterocycles. The summed E-state index contributed by atoms with van der Waals surface area (Å²) in [4.78, 5) is 12.2. The smallest absolute Gasteiger partial charge is 0.310 e. The Hall–Kier alpha value is 0.160. The molecule has 4 heteroatoms. The highest BCUT2D eigenvalue weighted by Crippen LogP contribution is 2.17. The van der Waals surface area contributed by atoms with E-state index in [4.69, 9.17) is 4.74 Å². The first-order valence-corrected chi connectivity index (χ1v) is 12.0. The van der Waals surface area contributed by atoms with Gasteiger partial charge in [0.05, 0.1) is 20.6 Å². The average Bonchev–Trinajstić information content (AvgIpc) is 2.64. The van der Waals surface area contributed by atoms with Gasteiger partial charge in [-0.25, -0.2) is 0 Å². The molecule has 0 bridgehead atoms. The lowest BCUT2D eigenvalue weighted by Gasteiger charge is -2.36. The van der Waals surface area contributed by atoms with Crippen LogP contribution < -0.4 is 24.0 Å². The number of unbranched alkanes of at least 4 members (excludes halogenated alkanes) is 12. The molecule has 0 aromatic heterocycles. The van der Waals surface area contributed by atoms with Gasteiger partial charge in [-0.3, -0.25) is 9.28 Å². The second kappa shape index (κ2) is 20.4. The molecule has 0 radical (unpaired) electrons. The van der Waals surface area contributed by atoms with Crippen LogP contribution >= 0.6 is 0 Å². The first kappa shape index (κ1) is 30.4. The molecule has 0 amide bonds. The van der Waals surface area contributed by atoms with Crippen molar-refractivity contribution in [2.75, 3.05) is 20.6 Å². The van der Waals surface area contributed by atoms with Gasteiger partial charge in [0, 0.05) is 12.8 Å². The molecule has 0 heterocycles. The summed E-state index contributed by atoms with van der Waals surface area (Å²) in [7, 11) is 4.39. The number of quaternary nitrogens is 1. The molecule has 0 rings (SSSR count). The second-order valence-corrected chi connectivity index (χ2v) is 8.85. The Morgan fingerprint density at radius 3 is 1.61 bits per heavy atom. The number of halogens is 1. The topological polar surface area (TPSA) is 26.3 Å². The zero-order valence-corrected chi connectivity index (χ0v) is 21.9. The Morgan fingerprint density at radius 1 is 0.714 bits per heavy atom. The van der Waals surface area contributed by atoms with Crippen molar-refractivity contribution in [1.82, 2.24) is 0 Å². The van der Waals surface area contributed by atoms with Gasteiger partial charge in [-0.1, -0.05) is 91.4 Å². The minimum atomic E-state index is -0.000495. The van der Waals surface area contributed by atoms with Crippen LogP contribution in [0.25, 0.3) is 0 Å².